The Morgan fingerprint density at radius 2 is 2.12 bits per heavy atom. The molecule has 0 aliphatic carbocycles. The van der Waals surface area contributed by atoms with Crippen molar-refractivity contribution in [3.05, 3.63) is 34.4 Å². The van der Waals surface area contributed by atoms with Crippen molar-refractivity contribution in [3.63, 3.8) is 0 Å². The molecule has 1 heterocycles. The zero-order valence-electron chi connectivity index (χ0n) is 13.3. The summed E-state index contributed by atoms with van der Waals surface area (Å²) in [6.45, 7) is 0. The SMILES string of the molecule is COc1ccc([C@H]2CC(=O)NC(SCC(N)=O)=C2C#N)cc1OC. The van der Waals surface area contributed by atoms with Gasteiger partial charge in [0, 0.05) is 12.3 Å². The fourth-order valence-corrected chi connectivity index (χ4v) is 3.25. The molecule has 3 N–H and O–H groups in total. The maximum Gasteiger partial charge on any atom is 0.227 e. The lowest BCUT2D eigenvalue weighted by molar-refractivity contribution is -0.121. The summed E-state index contributed by atoms with van der Waals surface area (Å²) in [5.74, 6) is -0.0942. The lowest BCUT2D eigenvalue weighted by atomic mass is 9.87. The van der Waals surface area contributed by atoms with Crippen LogP contribution in [0.3, 0.4) is 0 Å². The first-order chi connectivity index (χ1) is 11.5. The van der Waals surface area contributed by atoms with Gasteiger partial charge in [-0.1, -0.05) is 17.8 Å². The first kappa shape index (κ1) is 17.7. The fourth-order valence-electron chi connectivity index (χ4n) is 2.43. The number of nitrogens with one attached hydrogen (secondary N) is 1. The van der Waals surface area contributed by atoms with Gasteiger partial charge in [-0.15, -0.1) is 0 Å². The number of nitriles is 1. The smallest absolute Gasteiger partial charge is 0.227 e. The second-order valence-electron chi connectivity index (χ2n) is 5.03. The van der Waals surface area contributed by atoms with Crippen LogP contribution in [0.2, 0.25) is 0 Å². The highest BCUT2D eigenvalue weighted by Gasteiger charge is 2.30. The van der Waals surface area contributed by atoms with Gasteiger partial charge in [-0.3, -0.25) is 9.59 Å². The number of thioether (sulfide) groups is 1. The highest BCUT2D eigenvalue weighted by molar-refractivity contribution is 8.03. The fraction of sp³-hybridized carbons (Fsp3) is 0.312. The Labute approximate surface area is 143 Å². The van der Waals surface area contributed by atoms with Gasteiger partial charge in [0.2, 0.25) is 11.8 Å². The molecular formula is C16H17N3O4S. The van der Waals surface area contributed by atoms with Gasteiger partial charge in [0.25, 0.3) is 0 Å². The summed E-state index contributed by atoms with van der Waals surface area (Å²) in [6.07, 6.45) is 0.138. The van der Waals surface area contributed by atoms with Crippen molar-refractivity contribution >= 4 is 23.6 Å². The van der Waals surface area contributed by atoms with Gasteiger partial charge in [0.05, 0.1) is 36.6 Å². The lowest BCUT2D eigenvalue weighted by Crippen LogP contribution is -2.31. The van der Waals surface area contributed by atoms with Gasteiger partial charge in [-0.2, -0.15) is 5.26 Å². The minimum Gasteiger partial charge on any atom is -0.493 e. The summed E-state index contributed by atoms with van der Waals surface area (Å²) in [7, 11) is 3.05. The van der Waals surface area contributed by atoms with Crippen molar-refractivity contribution in [2.45, 2.75) is 12.3 Å². The van der Waals surface area contributed by atoms with Crippen molar-refractivity contribution < 1.29 is 19.1 Å². The molecule has 1 atom stereocenters. The van der Waals surface area contributed by atoms with Crippen LogP contribution < -0.4 is 20.5 Å². The van der Waals surface area contributed by atoms with Crippen molar-refractivity contribution in [2.24, 2.45) is 5.73 Å². The molecule has 1 aliphatic heterocycles. The van der Waals surface area contributed by atoms with Crippen molar-refractivity contribution in [1.82, 2.24) is 5.32 Å². The maximum atomic E-state index is 12.0. The first-order valence-corrected chi connectivity index (χ1v) is 8.05. The number of ether oxygens (including phenoxy) is 2. The average molecular weight is 347 g/mol. The number of rotatable bonds is 6. The Bertz CT molecular complexity index is 739. The lowest BCUT2D eigenvalue weighted by Gasteiger charge is -2.25. The molecule has 1 aromatic carbocycles. The number of primary amides is 1. The molecule has 0 spiro atoms. The van der Waals surface area contributed by atoms with Crippen LogP contribution in [0.1, 0.15) is 17.9 Å². The highest BCUT2D eigenvalue weighted by Crippen LogP contribution is 2.39. The summed E-state index contributed by atoms with van der Waals surface area (Å²) in [4.78, 5) is 23.0. The van der Waals surface area contributed by atoms with Crippen LogP contribution in [0, 0.1) is 11.3 Å². The monoisotopic (exact) mass is 347 g/mol. The van der Waals surface area contributed by atoms with E-state index in [9.17, 15) is 14.9 Å². The number of methoxy groups -OCH3 is 2. The van der Waals surface area contributed by atoms with Crippen molar-refractivity contribution in [3.8, 4) is 17.6 Å². The molecule has 8 heteroatoms. The highest BCUT2D eigenvalue weighted by atomic mass is 32.2. The van der Waals surface area contributed by atoms with Crippen molar-refractivity contribution in [1.29, 1.82) is 5.26 Å². The molecule has 0 saturated heterocycles. The van der Waals surface area contributed by atoms with Gasteiger partial charge in [-0.05, 0) is 17.7 Å². The van der Waals surface area contributed by atoms with E-state index in [2.05, 4.69) is 11.4 Å². The van der Waals surface area contributed by atoms with Crippen LogP contribution in [0.15, 0.2) is 28.8 Å². The number of hydrogen-bond donors (Lipinski definition) is 2. The molecule has 2 amide bonds. The number of carbonyl (C=O) groups excluding carboxylic acids is 2. The van der Waals surface area contributed by atoms with E-state index in [4.69, 9.17) is 15.2 Å². The Hall–Kier alpha value is -2.66. The number of carbonyl (C=O) groups is 2. The Balaban J connectivity index is 2.43. The predicted molar refractivity (Wildman–Crippen MR) is 89.3 cm³/mol. The van der Waals surface area contributed by atoms with E-state index >= 15 is 0 Å². The normalized spacial score (nSPS) is 17.0. The van der Waals surface area contributed by atoms with Crippen LogP contribution in [0.25, 0.3) is 0 Å². The van der Waals surface area contributed by atoms with Gasteiger partial charge in [0.15, 0.2) is 11.5 Å². The van der Waals surface area contributed by atoms with Crippen LogP contribution in [0.5, 0.6) is 11.5 Å². The summed E-state index contributed by atoms with van der Waals surface area (Å²) >= 11 is 1.05. The molecule has 0 bridgehead atoms. The molecular weight excluding hydrogens is 330 g/mol. The van der Waals surface area contributed by atoms with Gasteiger partial charge < -0.3 is 20.5 Å². The molecule has 1 aliphatic rings. The Kier molecular flexibility index (Phi) is 5.71. The predicted octanol–water partition coefficient (Wildman–Crippen LogP) is 1.26. The topological polar surface area (TPSA) is 114 Å². The molecule has 0 aromatic heterocycles. The second kappa shape index (κ2) is 7.75. The van der Waals surface area contributed by atoms with Gasteiger partial charge >= 0.3 is 0 Å². The molecule has 0 saturated carbocycles. The number of benzene rings is 1. The molecule has 0 unspecified atom stereocenters. The van der Waals surface area contributed by atoms with Gasteiger partial charge in [-0.25, -0.2) is 0 Å². The third-order valence-electron chi connectivity index (χ3n) is 3.52. The van der Waals surface area contributed by atoms with Crippen LogP contribution >= 0.6 is 11.8 Å². The molecule has 2 rings (SSSR count). The first-order valence-electron chi connectivity index (χ1n) is 7.07. The molecule has 1 aromatic rings. The minimum absolute atomic E-state index is 0.0144. The number of hydrogen-bond acceptors (Lipinski definition) is 6. The third kappa shape index (κ3) is 3.81. The minimum atomic E-state index is -0.521. The van der Waals surface area contributed by atoms with E-state index in [1.807, 2.05) is 0 Å². The van der Waals surface area contributed by atoms with E-state index in [0.717, 1.165) is 17.3 Å². The van der Waals surface area contributed by atoms with E-state index in [-0.39, 0.29) is 18.1 Å². The molecule has 24 heavy (non-hydrogen) atoms. The van der Waals surface area contributed by atoms with Crippen molar-refractivity contribution in [2.75, 3.05) is 20.0 Å². The average Bonchev–Trinajstić information content (AvgIpc) is 2.58. The summed E-state index contributed by atoms with van der Waals surface area (Å²) in [6, 6.07) is 7.40. The standard InChI is InChI=1S/C16H17N3O4S/c1-22-12-4-3-9(5-13(12)23-2)10-6-15(21)19-16(11(10)7-17)24-8-14(18)20/h3-5,10H,6,8H2,1-2H3,(H2,18,20)(H,19,21)/t10-/m1/s1. The van der Waals surface area contributed by atoms with E-state index in [1.165, 1.54) is 14.2 Å². The number of nitrogens with zero attached hydrogens (tertiary/aromatic N) is 1. The number of amides is 2. The number of nitrogens with two attached hydrogens (primary N) is 1. The van der Waals surface area contributed by atoms with Crippen LogP contribution in [-0.2, 0) is 9.59 Å². The van der Waals surface area contributed by atoms with Crippen LogP contribution in [-0.4, -0.2) is 31.8 Å². The quantitative estimate of drug-likeness (QED) is 0.801. The molecule has 0 fully saturated rings. The Morgan fingerprint density at radius 1 is 1.42 bits per heavy atom. The number of allylic oxidation sites excluding steroid dienone is 1. The molecule has 126 valence electrons. The largest absolute Gasteiger partial charge is 0.493 e. The van der Waals surface area contributed by atoms with E-state index in [1.54, 1.807) is 18.2 Å². The molecule has 7 nitrogen and oxygen atoms in total. The zero-order valence-corrected chi connectivity index (χ0v) is 14.1. The second-order valence-corrected chi connectivity index (χ2v) is 6.01. The van der Waals surface area contributed by atoms with Crippen LogP contribution in [0.4, 0.5) is 0 Å². The summed E-state index contributed by atoms with van der Waals surface area (Å²) < 4.78 is 10.5. The van der Waals surface area contributed by atoms with E-state index in [0.29, 0.717) is 22.1 Å². The Morgan fingerprint density at radius 3 is 2.71 bits per heavy atom. The molecule has 0 radical (unpaired) electrons. The summed E-state index contributed by atoms with van der Waals surface area (Å²) in [5.41, 5.74) is 6.30. The van der Waals surface area contributed by atoms with Gasteiger partial charge in [0.1, 0.15) is 0 Å². The summed E-state index contributed by atoms with van der Waals surface area (Å²) in [5, 5.41) is 12.5. The zero-order chi connectivity index (χ0) is 17.7. The van der Waals surface area contributed by atoms with E-state index < -0.39 is 11.8 Å². The third-order valence-corrected chi connectivity index (χ3v) is 4.56. The maximum absolute atomic E-state index is 12.0.